The number of benzene rings is 2. The fourth-order valence-corrected chi connectivity index (χ4v) is 2.46. The molecule has 0 radical (unpaired) electrons. The van der Waals surface area contributed by atoms with Crippen LogP contribution in [0.5, 0.6) is 17.2 Å². The maximum Gasteiger partial charge on any atom is 0.266 e. The molecule has 0 atom stereocenters. The molecule has 1 N–H and O–H groups in total. The van der Waals surface area contributed by atoms with Crippen molar-refractivity contribution < 1.29 is 19.0 Å². The predicted octanol–water partition coefficient (Wildman–Crippen LogP) is 4.43. The summed E-state index contributed by atoms with van der Waals surface area (Å²) in [5.41, 5.74) is 1.14. The Kier molecular flexibility index (Phi) is 7.92. The van der Waals surface area contributed by atoms with E-state index in [1.54, 1.807) is 43.5 Å². The second-order valence-electron chi connectivity index (χ2n) is 5.81. The van der Waals surface area contributed by atoms with Crippen LogP contribution in [0, 0.1) is 11.3 Å². The van der Waals surface area contributed by atoms with Crippen LogP contribution in [0.1, 0.15) is 25.8 Å². The molecule has 0 spiro atoms. The lowest BCUT2D eigenvalue weighted by Gasteiger charge is -2.11. The summed E-state index contributed by atoms with van der Waals surface area (Å²) >= 11 is 0. The minimum Gasteiger partial charge on any atom is -0.493 e. The van der Waals surface area contributed by atoms with Crippen molar-refractivity contribution in [3.05, 3.63) is 53.6 Å². The molecule has 2 aromatic carbocycles. The van der Waals surface area contributed by atoms with Crippen LogP contribution in [-0.4, -0.2) is 26.2 Å². The maximum atomic E-state index is 12.6. The van der Waals surface area contributed by atoms with Crippen molar-refractivity contribution in [3.63, 3.8) is 0 Å². The third kappa shape index (κ3) is 5.52. The molecule has 0 bridgehead atoms. The van der Waals surface area contributed by atoms with Crippen LogP contribution in [0.3, 0.4) is 0 Å². The van der Waals surface area contributed by atoms with Gasteiger partial charge in [-0.25, -0.2) is 0 Å². The fraction of sp³-hybridized carbons (Fsp3) is 0.273. The first kappa shape index (κ1) is 20.8. The second kappa shape index (κ2) is 10.6. The molecule has 0 saturated carbocycles. The first-order valence-electron chi connectivity index (χ1n) is 9.08. The Balaban J connectivity index is 2.23. The highest BCUT2D eigenvalue weighted by Crippen LogP contribution is 2.29. The van der Waals surface area contributed by atoms with Gasteiger partial charge in [0.2, 0.25) is 0 Å². The van der Waals surface area contributed by atoms with E-state index in [4.69, 9.17) is 14.2 Å². The van der Waals surface area contributed by atoms with E-state index in [-0.39, 0.29) is 5.57 Å². The van der Waals surface area contributed by atoms with E-state index < -0.39 is 5.91 Å². The second-order valence-corrected chi connectivity index (χ2v) is 5.81. The van der Waals surface area contributed by atoms with Crippen LogP contribution < -0.4 is 19.5 Å². The number of hydrogen-bond acceptors (Lipinski definition) is 5. The van der Waals surface area contributed by atoms with Crippen LogP contribution in [0.2, 0.25) is 0 Å². The fourth-order valence-electron chi connectivity index (χ4n) is 2.46. The van der Waals surface area contributed by atoms with Crippen molar-refractivity contribution in [3.8, 4) is 23.3 Å². The Morgan fingerprint density at radius 1 is 1.11 bits per heavy atom. The van der Waals surface area contributed by atoms with E-state index in [9.17, 15) is 10.1 Å². The molecule has 0 heterocycles. The molecule has 6 heteroatoms. The number of carbonyl (C=O) groups excluding carboxylic acids is 1. The van der Waals surface area contributed by atoms with Crippen LogP contribution in [0.4, 0.5) is 5.69 Å². The molecule has 0 aliphatic rings. The van der Waals surface area contributed by atoms with Crippen molar-refractivity contribution in [2.75, 3.05) is 25.6 Å². The normalized spacial score (nSPS) is 10.7. The molecular formula is C22H24N2O4. The van der Waals surface area contributed by atoms with Crippen LogP contribution in [-0.2, 0) is 4.79 Å². The van der Waals surface area contributed by atoms with Gasteiger partial charge in [0.15, 0.2) is 11.5 Å². The summed E-state index contributed by atoms with van der Waals surface area (Å²) in [7, 11) is 1.55. The van der Waals surface area contributed by atoms with Crippen molar-refractivity contribution in [2.45, 2.75) is 20.3 Å². The Hall–Kier alpha value is -3.46. The molecule has 2 rings (SSSR count). The molecule has 0 fully saturated rings. The van der Waals surface area contributed by atoms with E-state index >= 15 is 0 Å². The van der Waals surface area contributed by atoms with Gasteiger partial charge >= 0.3 is 0 Å². The van der Waals surface area contributed by atoms with Gasteiger partial charge in [0.25, 0.3) is 5.91 Å². The number of rotatable bonds is 9. The number of carbonyl (C=O) groups is 1. The molecular weight excluding hydrogens is 356 g/mol. The Labute approximate surface area is 165 Å². The number of ether oxygens (including phenoxy) is 3. The number of nitriles is 1. The van der Waals surface area contributed by atoms with Crippen molar-refractivity contribution in [2.24, 2.45) is 0 Å². The molecule has 0 aliphatic heterocycles. The lowest BCUT2D eigenvalue weighted by Crippen LogP contribution is -2.14. The standard InChI is InChI=1S/C22H24N2O4/c1-4-12-28-20-11-10-16(14-21(20)26-3)13-17(15-23)22(25)24-18-8-6-7-9-19(18)27-5-2/h6-11,13-14H,4-5,12H2,1-3H3,(H,24,25)/b17-13+. The lowest BCUT2D eigenvalue weighted by molar-refractivity contribution is -0.112. The zero-order valence-electron chi connectivity index (χ0n) is 16.3. The average Bonchev–Trinajstić information content (AvgIpc) is 2.72. The number of nitrogens with one attached hydrogen (secondary N) is 1. The van der Waals surface area contributed by atoms with Gasteiger partial charge in [-0.2, -0.15) is 5.26 Å². The number of nitrogens with zero attached hydrogens (tertiary/aromatic N) is 1. The van der Waals surface area contributed by atoms with E-state index in [1.165, 1.54) is 6.08 Å². The van der Waals surface area contributed by atoms with Crippen molar-refractivity contribution >= 4 is 17.7 Å². The van der Waals surface area contributed by atoms with Crippen molar-refractivity contribution in [1.82, 2.24) is 0 Å². The zero-order valence-corrected chi connectivity index (χ0v) is 16.3. The van der Waals surface area contributed by atoms with Gasteiger partial charge in [-0.3, -0.25) is 4.79 Å². The minimum absolute atomic E-state index is 0.0319. The quantitative estimate of drug-likeness (QED) is 0.514. The molecule has 0 unspecified atom stereocenters. The van der Waals surface area contributed by atoms with Crippen LogP contribution in [0.25, 0.3) is 6.08 Å². The van der Waals surface area contributed by atoms with Crippen LogP contribution in [0.15, 0.2) is 48.0 Å². The molecule has 146 valence electrons. The third-order valence-electron chi connectivity index (χ3n) is 3.76. The first-order chi connectivity index (χ1) is 13.6. The summed E-state index contributed by atoms with van der Waals surface area (Å²) in [5.74, 6) is 1.20. The minimum atomic E-state index is -0.514. The van der Waals surface area contributed by atoms with Gasteiger partial charge in [-0.15, -0.1) is 0 Å². The Bertz CT molecular complexity index is 884. The number of amides is 1. The van der Waals surface area contributed by atoms with Gasteiger partial charge in [0.1, 0.15) is 17.4 Å². The summed E-state index contributed by atoms with van der Waals surface area (Å²) < 4.78 is 16.5. The van der Waals surface area contributed by atoms with E-state index in [2.05, 4.69) is 5.32 Å². The van der Waals surface area contributed by atoms with E-state index in [0.717, 1.165) is 6.42 Å². The smallest absolute Gasteiger partial charge is 0.266 e. The van der Waals surface area contributed by atoms with Crippen LogP contribution >= 0.6 is 0 Å². The molecule has 6 nitrogen and oxygen atoms in total. The average molecular weight is 380 g/mol. The van der Waals surface area contributed by atoms with Crippen molar-refractivity contribution in [1.29, 1.82) is 5.26 Å². The van der Waals surface area contributed by atoms with E-state index in [0.29, 0.717) is 41.7 Å². The highest BCUT2D eigenvalue weighted by atomic mass is 16.5. The number of anilines is 1. The molecule has 1 amide bonds. The van der Waals surface area contributed by atoms with Gasteiger partial charge < -0.3 is 19.5 Å². The lowest BCUT2D eigenvalue weighted by atomic mass is 10.1. The SMILES string of the molecule is CCCOc1ccc(/C=C(\C#N)C(=O)Nc2ccccc2OCC)cc1OC. The molecule has 0 aliphatic carbocycles. The topological polar surface area (TPSA) is 80.6 Å². The summed E-state index contributed by atoms with van der Waals surface area (Å²) in [5, 5.41) is 12.2. The zero-order chi connectivity index (χ0) is 20.4. The van der Waals surface area contributed by atoms with Gasteiger partial charge in [-0.05, 0) is 49.2 Å². The number of hydrogen-bond donors (Lipinski definition) is 1. The molecule has 0 aromatic heterocycles. The highest BCUT2D eigenvalue weighted by molar-refractivity contribution is 6.10. The number of para-hydroxylation sites is 2. The van der Waals surface area contributed by atoms with Gasteiger partial charge in [0.05, 0.1) is 26.0 Å². The third-order valence-corrected chi connectivity index (χ3v) is 3.76. The molecule has 28 heavy (non-hydrogen) atoms. The predicted molar refractivity (Wildman–Crippen MR) is 109 cm³/mol. The van der Waals surface area contributed by atoms with E-state index in [1.807, 2.05) is 26.0 Å². The summed E-state index contributed by atoms with van der Waals surface area (Å²) in [6.45, 7) is 4.93. The Morgan fingerprint density at radius 2 is 1.89 bits per heavy atom. The number of methoxy groups -OCH3 is 1. The highest BCUT2D eigenvalue weighted by Gasteiger charge is 2.13. The maximum absolute atomic E-state index is 12.6. The largest absolute Gasteiger partial charge is 0.493 e. The first-order valence-corrected chi connectivity index (χ1v) is 9.08. The molecule has 2 aromatic rings. The summed E-state index contributed by atoms with van der Waals surface area (Å²) in [6.07, 6.45) is 2.39. The van der Waals surface area contributed by atoms with Gasteiger partial charge in [0, 0.05) is 0 Å². The monoisotopic (exact) mass is 380 g/mol. The summed E-state index contributed by atoms with van der Waals surface area (Å²) in [4.78, 5) is 12.6. The van der Waals surface area contributed by atoms with Gasteiger partial charge in [-0.1, -0.05) is 25.1 Å². The molecule has 0 saturated heterocycles. The summed E-state index contributed by atoms with van der Waals surface area (Å²) in [6, 6.07) is 14.3. The Morgan fingerprint density at radius 3 is 2.57 bits per heavy atom.